The van der Waals surface area contributed by atoms with Crippen LogP contribution in [0.3, 0.4) is 0 Å². The van der Waals surface area contributed by atoms with Crippen LogP contribution in [-0.4, -0.2) is 44.8 Å². The van der Waals surface area contributed by atoms with Crippen molar-refractivity contribution < 1.29 is 23.7 Å². The molecule has 0 amide bonds. The molecule has 0 aromatic heterocycles. The second kappa shape index (κ2) is 8.62. The third-order valence-electron chi connectivity index (χ3n) is 3.28. The van der Waals surface area contributed by atoms with Crippen LogP contribution in [0.25, 0.3) is 0 Å². The topological polar surface area (TPSA) is 54.0 Å². The summed E-state index contributed by atoms with van der Waals surface area (Å²) in [5.74, 6) is -2.71. The highest BCUT2D eigenvalue weighted by molar-refractivity contribution is 6.17. The van der Waals surface area contributed by atoms with E-state index >= 15 is 0 Å². The summed E-state index contributed by atoms with van der Waals surface area (Å²) < 4.78 is 22.0. The molecule has 6 heteroatoms. The van der Waals surface area contributed by atoms with Gasteiger partial charge in [-0.25, -0.2) is 4.79 Å². The van der Waals surface area contributed by atoms with Crippen LogP contribution >= 0.6 is 11.6 Å². The molecule has 5 nitrogen and oxygen atoms in total. The number of halogens is 1. The molecule has 0 aliphatic rings. The van der Waals surface area contributed by atoms with Crippen molar-refractivity contribution in [2.24, 2.45) is 0 Å². The van der Waals surface area contributed by atoms with Crippen LogP contribution < -0.4 is 0 Å². The van der Waals surface area contributed by atoms with Crippen molar-refractivity contribution >= 4 is 17.6 Å². The maximum Gasteiger partial charge on any atom is 0.335 e. The summed E-state index contributed by atoms with van der Waals surface area (Å²) in [6.45, 7) is 6.96. The van der Waals surface area contributed by atoms with Gasteiger partial charge in [-0.15, -0.1) is 11.6 Å². The van der Waals surface area contributed by atoms with Crippen molar-refractivity contribution in [2.75, 3.05) is 27.2 Å². The van der Waals surface area contributed by atoms with Gasteiger partial charge in [-0.2, -0.15) is 0 Å². The van der Waals surface area contributed by atoms with Crippen LogP contribution in [0.1, 0.15) is 33.1 Å². The van der Waals surface area contributed by atoms with E-state index in [4.69, 9.17) is 30.5 Å². The summed E-state index contributed by atoms with van der Waals surface area (Å²) in [6.07, 6.45) is 1.40. The number of carbonyl (C=O) groups is 1. The van der Waals surface area contributed by atoms with E-state index in [0.29, 0.717) is 25.1 Å². The van der Waals surface area contributed by atoms with E-state index in [1.165, 1.54) is 21.3 Å². The molecule has 20 heavy (non-hydrogen) atoms. The average Bonchev–Trinajstić information content (AvgIpc) is 2.46. The summed E-state index contributed by atoms with van der Waals surface area (Å²) in [7, 11) is 4.41. The minimum Gasteiger partial charge on any atom is -0.424 e. The molecule has 0 bridgehead atoms. The zero-order valence-electron chi connectivity index (χ0n) is 13.0. The molecule has 1 unspecified atom stereocenters. The third kappa shape index (κ3) is 3.95. The number of hydrogen-bond acceptors (Lipinski definition) is 5. The van der Waals surface area contributed by atoms with Gasteiger partial charge in [0.2, 0.25) is 5.79 Å². The Morgan fingerprint density at radius 2 is 1.65 bits per heavy atom. The molecule has 0 rings (SSSR count). The minimum absolute atomic E-state index is 0.276. The van der Waals surface area contributed by atoms with Gasteiger partial charge in [0, 0.05) is 45.6 Å². The Morgan fingerprint density at radius 1 is 1.15 bits per heavy atom. The zero-order chi connectivity index (χ0) is 15.8. The summed E-state index contributed by atoms with van der Waals surface area (Å²) >= 11 is 5.74. The van der Waals surface area contributed by atoms with Crippen LogP contribution in [-0.2, 0) is 23.7 Å². The Balaban J connectivity index is 5.54. The monoisotopic (exact) mass is 308 g/mol. The molecule has 0 N–H and O–H groups in total. The molecule has 0 radical (unpaired) electrons. The quantitative estimate of drug-likeness (QED) is 0.269. The van der Waals surface area contributed by atoms with E-state index in [9.17, 15) is 4.79 Å². The van der Waals surface area contributed by atoms with Gasteiger partial charge in [0.15, 0.2) is 0 Å². The number of alkyl halides is 1. The Kier molecular flexibility index (Phi) is 8.35. The van der Waals surface area contributed by atoms with E-state index < -0.39 is 17.5 Å². The Bertz CT molecular complexity index is 322. The largest absolute Gasteiger partial charge is 0.424 e. The number of ether oxygens (including phenoxy) is 4. The van der Waals surface area contributed by atoms with Gasteiger partial charge in [-0.3, -0.25) is 0 Å². The maximum atomic E-state index is 11.9. The highest BCUT2D eigenvalue weighted by atomic mass is 35.5. The van der Waals surface area contributed by atoms with Gasteiger partial charge in [-0.1, -0.05) is 13.5 Å². The number of methoxy groups -OCH3 is 3. The first kappa shape index (κ1) is 19.4. The van der Waals surface area contributed by atoms with E-state index in [2.05, 4.69) is 6.58 Å². The molecule has 0 spiro atoms. The van der Waals surface area contributed by atoms with Gasteiger partial charge < -0.3 is 18.9 Å². The molecule has 0 aromatic carbocycles. The van der Waals surface area contributed by atoms with Gasteiger partial charge in [0.25, 0.3) is 5.79 Å². The predicted octanol–water partition coefficient (Wildman–Crippen LogP) is 2.87. The Labute approximate surface area is 126 Å². The molecule has 1 atom stereocenters. The molecule has 0 aliphatic heterocycles. The third-order valence-corrected chi connectivity index (χ3v) is 3.55. The second-order valence-corrected chi connectivity index (χ2v) is 4.81. The number of carbonyl (C=O) groups excluding carboxylic acids is 1. The van der Waals surface area contributed by atoms with Crippen molar-refractivity contribution in [3.05, 3.63) is 12.2 Å². The molecule has 0 aromatic rings. The van der Waals surface area contributed by atoms with Crippen LogP contribution in [0.15, 0.2) is 12.2 Å². The number of rotatable bonds is 10. The lowest BCUT2D eigenvalue weighted by Gasteiger charge is -2.45. The standard InChI is InChI=1S/C14H25ClO5/c1-7-13(17-4,20-12(16)11(2)3)14(18-5,19-6)9-8-10-15/h2,7-10H2,1,3-6H3. The second-order valence-electron chi connectivity index (χ2n) is 4.43. The highest BCUT2D eigenvalue weighted by Crippen LogP contribution is 2.38. The zero-order valence-corrected chi connectivity index (χ0v) is 13.7. The Morgan fingerprint density at radius 3 is 1.95 bits per heavy atom. The molecule has 0 heterocycles. The minimum atomic E-state index is -1.36. The van der Waals surface area contributed by atoms with E-state index in [0.717, 1.165) is 0 Å². The Hall–Kier alpha value is -0.620. The van der Waals surface area contributed by atoms with Gasteiger partial charge in [-0.05, 0) is 13.3 Å². The average molecular weight is 309 g/mol. The molecule has 0 saturated heterocycles. The van der Waals surface area contributed by atoms with Crippen molar-refractivity contribution in [2.45, 2.75) is 44.7 Å². The molecular weight excluding hydrogens is 284 g/mol. The fourth-order valence-corrected chi connectivity index (χ4v) is 2.22. The SMILES string of the molecule is C=C(C)C(=O)OC(CC)(OC)C(CCCCl)(OC)OC. The highest BCUT2D eigenvalue weighted by Gasteiger charge is 2.55. The smallest absolute Gasteiger partial charge is 0.335 e. The summed E-state index contributed by atoms with van der Waals surface area (Å²) in [5.41, 5.74) is 0.276. The van der Waals surface area contributed by atoms with Crippen LogP contribution in [0.4, 0.5) is 0 Å². The first-order valence-electron chi connectivity index (χ1n) is 6.48. The number of hydrogen-bond donors (Lipinski definition) is 0. The van der Waals surface area contributed by atoms with Crippen molar-refractivity contribution in [3.63, 3.8) is 0 Å². The van der Waals surface area contributed by atoms with Crippen LogP contribution in [0, 0.1) is 0 Å². The summed E-state index contributed by atoms with van der Waals surface area (Å²) in [4.78, 5) is 11.9. The fraction of sp³-hybridized carbons (Fsp3) is 0.786. The van der Waals surface area contributed by atoms with Crippen LogP contribution in [0.2, 0.25) is 0 Å². The molecule has 0 saturated carbocycles. The summed E-state index contributed by atoms with van der Waals surface area (Å²) in [6, 6.07) is 0. The van der Waals surface area contributed by atoms with E-state index in [-0.39, 0.29) is 5.57 Å². The lowest BCUT2D eigenvalue weighted by molar-refractivity contribution is -0.383. The molecule has 0 aliphatic carbocycles. The molecular formula is C14H25ClO5. The lowest BCUT2D eigenvalue weighted by atomic mass is 9.97. The van der Waals surface area contributed by atoms with Crippen LogP contribution in [0.5, 0.6) is 0 Å². The van der Waals surface area contributed by atoms with Gasteiger partial charge in [0.05, 0.1) is 0 Å². The maximum absolute atomic E-state index is 11.9. The van der Waals surface area contributed by atoms with Crippen molar-refractivity contribution in [1.29, 1.82) is 0 Å². The fourth-order valence-electron chi connectivity index (χ4n) is 2.09. The first-order chi connectivity index (χ1) is 9.38. The van der Waals surface area contributed by atoms with Crippen molar-refractivity contribution in [3.8, 4) is 0 Å². The molecule has 118 valence electrons. The lowest BCUT2D eigenvalue weighted by Crippen LogP contribution is -2.60. The normalized spacial score (nSPS) is 14.7. The van der Waals surface area contributed by atoms with Crippen molar-refractivity contribution in [1.82, 2.24) is 0 Å². The summed E-state index contributed by atoms with van der Waals surface area (Å²) in [5, 5.41) is 0. The number of esters is 1. The van der Waals surface area contributed by atoms with Gasteiger partial charge >= 0.3 is 5.97 Å². The first-order valence-corrected chi connectivity index (χ1v) is 7.02. The van der Waals surface area contributed by atoms with E-state index in [1.807, 2.05) is 6.92 Å². The van der Waals surface area contributed by atoms with E-state index in [1.54, 1.807) is 6.92 Å². The molecule has 0 fully saturated rings. The predicted molar refractivity (Wildman–Crippen MR) is 77.6 cm³/mol. The van der Waals surface area contributed by atoms with Gasteiger partial charge in [0.1, 0.15) is 0 Å².